The first kappa shape index (κ1) is 28.5. The smallest absolute Gasteiger partial charge is 0.164 e. The lowest BCUT2D eigenvalue weighted by atomic mass is 9.65. The van der Waals surface area contributed by atoms with Crippen molar-refractivity contribution >= 4 is 28.3 Å². The van der Waals surface area contributed by atoms with Crippen molar-refractivity contribution in [3.63, 3.8) is 0 Å². The molecule has 226 valence electrons. The zero-order chi connectivity index (χ0) is 30.8. The molecule has 0 radical (unpaired) electrons. The second kappa shape index (κ2) is 12.4. The van der Waals surface area contributed by atoms with Crippen molar-refractivity contribution in [2.45, 2.75) is 63.2 Å². The fourth-order valence-electron chi connectivity index (χ4n) is 7.37. The number of hydrogen-bond acceptors (Lipinski definition) is 4. The number of fused-ring (bicyclic) bond motifs is 1. The van der Waals surface area contributed by atoms with E-state index in [1.807, 2.05) is 6.21 Å². The van der Waals surface area contributed by atoms with Gasteiger partial charge in [-0.1, -0.05) is 128 Å². The van der Waals surface area contributed by atoms with E-state index in [0.29, 0.717) is 11.6 Å². The standard InChI is InChI=1S/C42H38N4/c1-3-12-32(13-4-1)39-44-40(46-41(45-39)35-17-16-30-11-5-6-14-34(30)29-35)33-20-24-37(25-21-33)42(26-8-2-9-27-42)36-22-18-31(19-23-36)38-15-7-10-28-43-38/h3,5-6,11-25,28-29H,1-2,4,7-10,26-27H2. The summed E-state index contributed by atoms with van der Waals surface area (Å²) in [7, 11) is 0. The topological polar surface area (TPSA) is 51.0 Å². The molecule has 4 aromatic carbocycles. The highest BCUT2D eigenvalue weighted by molar-refractivity contribution is 5.86. The van der Waals surface area contributed by atoms with Gasteiger partial charge in [0, 0.05) is 28.3 Å². The van der Waals surface area contributed by atoms with Crippen LogP contribution in [-0.2, 0) is 5.41 Å². The van der Waals surface area contributed by atoms with Crippen LogP contribution < -0.4 is 0 Å². The van der Waals surface area contributed by atoms with Crippen molar-refractivity contribution < 1.29 is 0 Å². The Kier molecular flexibility index (Phi) is 7.71. The molecule has 1 saturated carbocycles. The van der Waals surface area contributed by atoms with Crippen LogP contribution in [0.15, 0.2) is 120 Å². The first-order chi connectivity index (χ1) is 22.7. The summed E-state index contributed by atoms with van der Waals surface area (Å²) in [6, 6.07) is 33.2. The summed E-state index contributed by atoms with van der Waals surface area (Å²) in [5.41, 5.74) is 8.17. The summed E-state index contributed by atoms with van der Waals surface area (Å²) in [5, 5.41) is 2.39. The normalized spacial score (nSPS) is 17.5. The molecule has 0 saturated heterocycles. The van der Waals surface area contributed by atoms with Crippen molar-refractivity contribution in [3.05, 3.63) is 138 Å². The zero-order valence-electron chi connectivity index (χ0n) is 26.2. The maximum absolute atomic E-state index is 5.06. The predicted octanol–water partition coefficient (Wildman–Crippen LogP) is 10.5. The molecular formula is C42H38N4. The predicted molar refractivity (Wildman–Crippen MR) is 191 cm³/mol. The molecule has 0 bridgehead atoms. The van der Waals surface area contributed by atoms with E-state index >= 15 is 0 Å². The van der Waals surface area contributed by atoms with Gasteiger partial charge in [-0.05, 0) is 72.1 Å². The van der Waals surface area contributed by atoms with Crippen LogP contribution in [0.25, 0.3) is 44.8 Å². The van der Waals surface area contributed by atoms with E-state index in [4.69, 9.17) is 15.0 Å². The lowest BCUT2D eigenvalue weighted by Gasteiger charge is -2.39. The van der Waals surface area contributed by atoms with Gasteiger partial charge in [0.2, 0.25) is 0 Å². The Bertz CT molecular complexity index is 2010. The highest BCUT2D eigenvalue weighted by Gasteiger charge is 2.35. The average Bonchev–Trinajstić information content (AvgIpc) is 3.15. The van der Waals surface area contributed by atoms with Gasteiger partial charge in [-0.2, -0.15) is 0 Å². The van der Waals surface area contributed by atoms with E-state index in [2.05, 4.69) is 120 Å². The maximum atomic E-state index is 5.06. The molecule has 3 aliphatic rings. The van der Waals surface area contributed by atoms with Gasteiger partial charge in [-0.15, -0.1) is 0 Å². The van der Waals surface area contributed by atoms with Crippen molar-refractivity contribution in [3.8, 4) is 22.8 Å². The Morgan fingerprint density at radius 2 is 1.17 bits per heavy atom. The molecule has 1 fully saturated rings. The van der Waals surface area contributed by atoms with Crippen LogP contribution in [0, 0.1) is 0 Å². The minimum atomic E-state index is 0.0117. The van der Waals surface area contributed by atoms with Crippen LogP contribution in [0.5, 0.6) is 0 Å². The molecule has 0 N–H and O–H groups in total. The number of benzene rings is 4. The lowest BCUT2D eigenvalue weighted by Crippen LogP contribution is -2.30. The Morgan fingerprint density at radius 1 is 0.522 bits per heavy atom. The fraction of sp³-hybridized carbons (Fsp3) is 0.238. The number of hydrogen-bond donors (Lipinski definition) is 0. The van der Waals surface area contributed by atoms with E-state index < -0.39 is 0 Å². The summed E-state index contributed by atoms with van der Waals surface area (Å²) >= 11 is 0. The molecule has 2 aliphatic carbocycles. The third kappa shape index (κ3) is 5.53. The minimum Gasteiger partial charge on any atom is -0.261 e. The third-order valence-corrected chi connectivity index (χ3v) is 9.90. The van der Waals surface area contributed by atoms with Gasteiger partial charge in [-0.3, -0.25) is 4.99 Å². The summed E-state index contributed by atoms with van der Waals surface area (Å²) in [6.45, 7) is 0. The minimum absolute atomic E-state index is 0.0117. The first-order valence-corrected chi connectivity index (χ1v) is 16.8. The van der Waals surface area contributed by atoms with Crippen LogP contribution in [0.3, 0.4) is 0 Å². The van der Waals surface area contributed by atoms with Crippen molar-refractivity contribution in [2.75, 3.05) is 0 Å². The molecule has 5 aromatic rings. The number of aliphatic imine (C=N–C) groups is 1. The van der Waals surface area contributed by atoms with Gasteiger partial charge < -0.3 is 0 Å². The largest absolute Gasteiger partial charge is 0.261 e. The maximum Gasteiger partial charge on any atom is 0.164 e. The van der Waals surface area contributed by atoms with E-state index in [1.54, 1.807) is 0 Å². The molecule has 1 aromatic heterocycles. The van der Waals surface area contributed by atoms with E-state index in [1.165, 1.54) is 46.7 Å². The summed E-state index contributed by atoms with van der Waals surface area (Å²) in [6.07, 6.45) is 21.1. The highest BCUT2D eigenvalue weighted by atomic mass is 15.0. The lowest BCUT2D eigenvalue weighted by molar-refractivity contribution is 0.346. The molecular weight excluding hydrogens is 560 g/mol. The Balaban J connectivity index is 1.17. The summed E-state index contributed by atoms with van der Waals surface area (Å²) in [5.74, 6) is 2.15. The Labute approximate surface area is 271 Å². The van der Waals surface area contributed by atoms with Crippen LogP contribution in [0.1, 0.15) is 80.3 Å². The zero-order valence-corrected chi connectivity index (χ0v) is 26.2. The molecule has 0 spiro atoms. The van der Waals surface area contributed by atoms with Gasteiger partial charge in [0.05, 0.1) is 5.70 Å². The average molecular weight is 599 g/mol. The molecule has 8 rings (SSSR count). The quantitative estimate of drug-likeness (QED) is 0.195. The van der Waals surface area contributed by atoms with Gasteiger partial charge in [0.15, 0.2) is 17.5 Å². The molecule has 4 nitrogen and oxygen atoms in total. The number of nitrogens with zero attached hydrogens (tertiary/aromatic N) is 4. The monoisotopic (exact) mass is 598 g/mol. The first-order valence-electron chi connectivity index (χ1n) is 16.8. The van der Waals surface area contributed by atoms with Crippen molar-refractivity contribution in [2.24, 2.45) is 4.99 Å². The Hall–Kier alpha value is -4.96. The molecule has 0 amide bonds. The molecule has 2 heterocycles. The van der Waals surface area contributed by atoms with Gasteiger partial charge in [0.25, 0.3) is 0 Å². The van der Waals surface area contributed by atoms with Crippen LogP contribution in [0.4, 0.5) is 0 Å². The molecule has 1 aliphatic heterocycles. The van der Waals surface area contributed by atoms with Gasteiger partial charge in [0.1, 0.15) is 0 Å². The third-order valence-electron chi connectivity index (χ3n) is 9.90. The second-order valence-corrected chi connectivity index (χ2v) is 12.8. The fourth-order valence-corrected chi connectivity index (χ4v) is 7.37. The molecule has 0 atom stereocenters. The Morgan fingerprint density at radius 3 is 1.87 bits per heavy atom. The van der Waals surface area contributed by atoms with E-state index in [-0.39, 0.29) is 5.41 Å². The highest BCUT2D eigenvalue weighted by Crippen LogP contribution is 2.45. The van der Waals surface area contributed by atoms with Crippen molar-refractivity contribution in [1.29, 1.82) is 0 Å². The second-order valence-electron chi connectivity index (χ2n) is 12.8. The van der Waals surface area contributed by atoms with Gasteiger partial charge in [-0.25, -0.2) is 15.0 Å². The van der Waals surface area contributed by atoms with Crippen LogP contribution in [0.2, 0.25) is 0 Å². The summed E-state index contributed by atoms with van der Waals surface area (Å²) in [4.78, 5) is 19.7. The molecule has 4 heteroatoms. The number of allylic oxidation sites excluding steroid dienone is 5. The number of rotatable bonds is 6. The molecule has 46 heavy (non-hydrogen) atoms. The van der Waals surface area contributed by atoms with E-state index in [9.17, 15) is 0 Å². The summed E-state index contributed by atoms with van der Waals surface area (Å²) < 4.78 is 0. The SMILES string of the molecule is C1=CC(c2nc(-c3ccc(C4(c5ccc(C6=CCCC=N6)cc5)CCCCC4)cc3)nc(-c3ccc4ccccc4c3)n2)=CCC1. The molecule has 0 unspecified atom stereocenters. The van der Waals surface area contributed by atoms with Crippen molar-refractivity contribution in [1.82, 2.24) is 15.0 Å². The van der Waals surface area contributed by atoms with Crippen LogP contribution in [-0.4, -0.2) is 21.2 Å². The van der Waals surface area contributed by atoms with Crippen LogP contribution >= 0.6 is 0 Å². The van der Waals surface area contributed by atoms with Gasteiger partial charge >= 0.3 is 0 Å². The van der Waals surface area contributed by atoms with E-state index in [0.717, 1.165) is 66.7 Å². The number of aromatic nitrogens is 3.